The number of hydrogen-bond acceptors (Lipinski definition) is 2. The van der Waals surface area contributed by atoms with Gasteiger partial charge in [-0.25, -0.2) is 0 Å². The smallest absolute Gasteiger partial charge is 0.0468 e. The topological polar surface area (TPSA) is 35.2 Å². The Morgan fingerprint density at radius 1 is 1.23 bits per heavy atom. The Morgan fingerprint density at radius 2 is 1.85 bits per heavy atom. The van der Waals surface area contributed by atoms with Gasteiger partial charge in [-0.2, -0.15) is 0 Å². The Balaban J connectivity index is 2.21. The summed E-state index contributed by atoms with van der Waals surface area (Å²) in [4.78, 5) is 0. The maximum Gasteiger partial charge on any atom is 0.0468 e. The molecule has 1 fully saturated rings. The molecular weight excluding hydrogens is 162 g/mol. The fourth-order valence-electron chi connectivity index (χ4n) is 1.97. The molecule has 0 aromatic carbocycles. The van der Waals surface area contributed by atoms with Crippen LogP contribution in [0.2, 0.25) is 0 Å². The Hall–Kier alpha value is -0.0800. The Kier molecular flexibility index (Phi) is 4.74. The summed E-state index contributed by atoms with van der Waals surface area (Å²) >= 11 is 0. The van der Waals surface area contributed by atoms with Crippen molar-refractivity contribution < 1.29 is 4.74 Å². The van der Waals surface area contributed by atoms with E-state index in [9.17, 15) is 0 Å². The first-order chi connectivity index (χ1) is 6.24. The third kappa shape index (κ3) is 3.65. The minimum atomic E-state index is 0.669. The average molecular weight is 185 g/mol. The van der Waals surface area contributed by atoms with Gasteiger partial charge in [-0.05, 0) is 43.6 Å². The molecule has 0 spiro atoms. The van der Waals surface area contributed by atoms with Crippen LogP contribution in [0.15, 0.2) is 0 Å². The van der Waals surface area contributed by atoms with Crippen LogP contribution in [0.4, 0.5) is 0 Å². The van der Waals surface area contributed by atoms with Crippen LogP contribution in [0.5, 0.6) is 0 Å². The van der Waals surface area contributed by atoms with E-state index in [2.05, 4.69) is 13.8 Å². The summed E-state index contributed by atoms with van der Waals surface area (Å²) in [6, 6.07) is 0. The maximum absolute atomic E-state index is 5.65. The molecule has 1 rings (SSSR count). The molecule has 0 radical (unpaired) electrons. The third-order valence-corrected chi connectivity index (χ3v) is 3.39. The molecule has 1 aliphatic rings. The summed E-state index contributed by atoms with van der Waals surface area (Å²) < 4.78 is 5.34. The molecule has 2 N–H and O–H groups in total. The van der Waals surface area contributed by atoms with Gasteiger partial charge in [0.25, 0.3) is 0 Å². The van der Waals surface area contributed by atoms with Gasteiger partial charge >= 0.3 is 0 Å². The van der Waals surface area contributed by atoms with Gasteiger partial charge in [0.05, 0.1) is 0 Å². The van der Waals surface area contributed by atoms with Crippen molar-refractivity contribution in [2.45, 2.75) is 33.1 Å². The van der Waals surface area contributed by atoms with Gasteiger partial charge in [0.1, 0.15) is 0 Å². The summed E-state index contributed by atoms with van der Waals surface area (Å²) in [7, 11) is 0. The number of ether oxygens (including phenoxy) is 1. The summed E-state index contributed by atoms with van der Waals surface area (Å²) in [5.74, 6) is 2.33. The number of rotatable bonds is 4. The SMILES string of the molecule is CC(CN)C(C)CC1CCOCC1. The van der Waals surface area contributed by atoms with Crippen LogP contribution >= 0.6 is 0 Å². The summed E-state index contributed by atoms with van der Waals surface area (Å²) in [6.07, 6.45) is 3.84. The van der Waals surface area contributed by atoms with Crippen molar-refractivity contribution in [2.75, 3.05) is 19.8 Å². The zero-order chi connectivity index (χ0) is 9.68. The first kappa shape index (κ1) is 11.0. The maximum atomic E-state index is 5.65. The molecule has 0 saturated carbocycles. The van der Waals surface area contributed by atoms with Gasteiger partial charge in [-0.3, -0.25) is 0 Å². The monoisotopic (exact) mass is 185 g/mol. The van der Waals surface area contributed by atoms with E-state index in [1.165, 1.54) is 19.3 Å². The second-order valence-electron chi connectivity index (χ2n) is 4.48. The lowest BCUT2D eigenvalue weighted by Gasteiger charge is -2.27. The predicted octanol–water partition coefficient (Wildman–Crippen LogP) is 2.03. The predicted molar refractivity (Wildman–Crippen MR) is 55.5 cm³/mol. The van der Waals surface area contributed by atoms with Crippen molar-refractivity contribution >= 4 is 0 Å². The van der Waals surface area contributed by atoms with Gasteiger partial charge in [0, 0.05) is 13.2 Å². The summed E-state index contributed by atoms with van der Waals surface area (Å²) in [6.45, 7) is 7.34. The second kappa shape index (κ2) is 5.61. The quantitative estimate of drug-likeness (QED) is 0.727. The molecule has 1 heterocycles. The Bertz CT molecular complexity index is 132. The largest absolute Gasteiger partial charge is 0.381 e. The zero-order valence-corrected chi connectivity index (χ0v) is 8.96. The molecule has 0 bridgehead atoms. The van der Waals surface area contributed by atoms with Crippen LogP contribution in [-0.2, 0) is 4.74 Å². The van der Waals surface area contributed by atoms with Gasteiger partial charge in [0.15, 0.2) is 0 Å². The first-order valence-corrected chi connectivity index (χ1v) is 5.51. The molecule has 2 unspecified atom stereocenters. The van der Waals surface area contributed by atoms with Crippen molar-refractivity contribution in [3.63, 3.8) is 0 Å². The second-order valence-corrected chi connectivity index (χ2v) is 4.48. The van der Waals surface area contributed by atoms with E-state index < -0.39 is 0 Å². The van der Waals surface area contributed by atoms with Crippen LogP contribution in [-0.4, -0.2) is 19.8 Å². The highest BCUT2D eigenvalue weighted by atomic mass is 16.5. The molecule has 13 heavy (non-hydrogen) atoms. The molecule has 1 aliphatic heterocycles. The van der Waals surface area contributed by atoms with Crippen molar-refractivity contribution in [3.8, 4) is 0 Å². The van der Waals surface area contributed by atoms with Crippen molar-refractivity contribution in [2.24, 2.45) is 23.5 Å². The Labute approximate surface area is 81.8 Å². The lowest BCUT2D eigenvalue weighted by Crippen LogP contribution is -2.23. The van der Waals surface area contributed by atoms with Crippen LogP contribution < -0.4 is 5.73 Å². The first-order valence-electron chi connectivity index (χ1n) is 5.51. The highest BCUT2D eigenvalue weighted by molar-refractivity contribution is 4.70. The van der Waals surface area contributed by atoms with E-state index in [4.69, 9.17) is 10.5 Å². The standard InChI is InChI=1S/C11H23NO/c1-9(10(2)8-12)7-11-3-5-13-6-4-11/h9-11H,3-8,12H2,1-2H3. The van der Waals surface area contributed by atoms with Gasteiger partial charge in [0.2, 0.25) is 0 Å². The normalized spacial score (nSPS) is 24.2. The highest BCUT2D eigenvalue weighted by Crippen LogP contribution is 2.26. The molecule has 0 aromatic heterocycles. The molecule has 78 valence electrons. The fourth-order valence-corrected chi connectivity index (χ4v) is 1.97. The van der Waals surface area contributed by atoms with E-state index in [1.807, 2.05) is 0 Å². The fraction of sp³-hybridized carbons (Fsp3) is 1.00. The molecule has 0 amide bonds. The molecule has 2 atom stereocenters. The summed E-state index contributed by atoms with van der Waals surface area (Å²) in [5, 5.41) is 0. The van der Waals surface area contributed by atoms with E-state index in [1.54, 1.807) is 0 Å². The van der Waals surface area contributed by atoms with E-state index >= 15 is 0 Å². The van der Waals surface area contributed by atoms with E-state index in [-0.39, 0.29) is 0 Å². The van der Waals surface area contributed by atoms with E-state index in [0.717, 1.165) is 31.6 Å². The number of hydrogen-bond donors (Lipinski definition) is 1. The van der Waals surface area contributed by atoms with Crippen molar-refractivity contribution in [3.05, 3.63) is 0 Å². The molecular formula is C11H23NO. The lowest BCUT2D eigenvalue weighted by molar-refractivity contribution is 0.0567. The molecule has 2 nitrogen and oxygen atoms in total. The van der Waals surface area contributed by atoms with Crippen molar-refractivity contribution in [1.29, 1.82) is 0 Å². The van der Waals surface area contributed by atoms with Crippen LogP contribution in [0.3, 0.4) is 0 Å². The van der Waals surface area contributed by atoms with Gasteiger partial charge < -0.3 is 10.5 Å². The van der Waals surface area contributed by atoms with Gasteiger partial charge in [-0.1, -0.05) is 13.8 Å². The van der Waals surface area contributed by atoms with Crippen LogP contribution in [0.1, 0.15) is 33.1 Å². The third-order valence-electron chi connectivity index (χ3n) is 3.39. The lowest BCUT2D eigenvalue weighted by atomic mass is 9.84. The zero-order valence-electron chi connectivity index (χ0n) is 8.96. The molecule has 0 aliphatic carbocycles. The van der Waals surface area contributed by atoms with Crippen LogP contribution in [0.25, 0.3) is 0 Å². The van der Waals surface area contributed by atoms with Crippen molar-refractivity contribution in [1.82, 2.24) is 0 Å². The number of nitrogens with two attached hydrogens (primary N) is 1. The highest BCUT2D eigenvalue weighted by Gasteiger charge is 2.19. The van der Waals surface area contributed by atoms with Gasteiger partial charge in [-0.15, -0.1) is 0 Å². The Morgan fingerprint density at radius 3 is 2.38 bits per heavy atom. The molecule has 1 saturated heterocycles. The molecule has 2 heteroatoms. The minimum Gasteiger partial charge on any atom is -0.381 e. The van der Waals surface area contributed by atoms with E-state index in [0.29, 0.717) is 5.92 Å². The summed E-state index contributed by atoms with van der Waals surface area (Å²) in [5.41, 5.74) is 5.65. The van der Waals surface area contributed by atoms with Crippen LogP contribution in [0, 0.1) is 17.8 Å². The molecule has 0 aromatic rings. The average Bonchev–Trinajstić information content (AvgIpc) is 2.18. The minimum absolute atomic E-state index is 0.669.